The zero-order valence-electron chi connectivity index (χ0n) is 15.6. The molecule has 0 radical (unpaired) electrons. The number of carbonyl (C=O) groups is 1. The van der Waals surface area contributed by atoms with Crippen molar-refractivity contribution in [1.29, 1.82) is 0 Å². The minimum absolute atomic E-state index is 0.0874. The first-order chi connectivity index (χ1) is 13.4. The summed E-state index contributed by atoms with van der Waals surface area (Å²) in [6.45, 7) is 4.10. The Hall–Kier alpha value is -2.64. The molecule has 7 heteroatoms. The van der Waals surface area contributed by atoms with E-state index in [1.807, 2.05) is 23.6 Å². The van der Waals surface area contributed by atoms with E-state index < -0.39 is 10.0 Å². The zero-order chi connectivity index (χ0) is 20.1. The van der Waals surface area contributed by atoms with E-state index in [1.165, 1.54) is 24.3 Å². The van der Waals surface area contributed by atoms with Gasteiger partial charge in [0.05, 0.1) is 10.9 Å². The molecule has 2 aromatic carbocycles. The molecule has 3 aromatic rings. The molecule has 1 aromatic heterocycles. The van der Waals surface area contributed by atoms with Crippen molar-refractivity contribution < 1.29 is 13.2 Å². The molecule has 1 heterocycles. The first-order valence-electron chi connectivity index (χ1n) is 8.89. The minimum Gasteiger partial charge on any atom is -0.344 e. The number of para-hydroxylation sites is 1. The first-order valence-corrected chi connectivity index (χ1v) is 11.3. The van der Waals surface area contributed by atoms with Gasteiger partial charge in [0, 0.05) is 16.1 Å². The van der Waals surface area contributed by atoms with E-state index in [9.17, 15) is 13.2 Å². The van der Waals surface area contributed by atoms with Crippen molar-refractivity contribution >= 4 is 33.0 Å². The molecule has 0 aliphatic rings. The smallest absolute Gasteiger partial charge is 0.261 e. The van der Waals surface area contributed by atoms with Gasteiger partial charge < -0.3 is 5.32 Å². The van der Waals surface area contributed by atoms with Crippen molar-refractivity contribution in [2.75, 3.05) is 4.72 Å². The van der Waals surface area contributed by atoms with Gasteiger partial charge in [0.2, 0.25) is 0 Å². The van der Waals surface area contributed by atoms with Crippen LogP contribution in [0.3, 0.4) is 0 Å². The van der Waals surface area contributed by atoms with Crippen molar-refractivity contribution in [2.45, 2.75) is 24.8 Å². The molecule has 1 atom stereocenters. The third-order valence-electron chi connectivity index (χ3n) is 4.26. The number of hydrogen-bond donors (Lipinski definition) is 2. The van der Waals surface area contributed by atoms with E-state index >= 15 is 0 Å². The molecule has 2 N–H and O–H groups in total. The third kappa shape index (κ3) is 4.79. The summed E-state index contributed by atoms with van der Waals surface area (Å²) in [5.74, 6) is 0.00406. The van der Waals surface area contributed by atoms with Crippen molar-refractivity contribution in [1.82, 2.24) is 5.32 Å². The molecular formula is C21H22N2O3S2. The number of anilines is 1. The fourth-order valence-electron chi connectivity index (χ4n) is 2.76. The normalized spacial score (nSPS) is 12.5. The quantitative estimate of drug-likeness (QED) is 0.590. The van der Waals surface area contributed by atoms with Gasteiger partial charge >= 0.3 is 0 Å². The fourth-order valence-corrected chi connectivity index (χ4v) is 4.77. The van der Waals surface area contributed by atoms with E-state index in [1.54, 1.807) is 35.6 Å². The minimum atomic E-state index is -3.71. The van der Waals surface area contributed by atoms with Crippen LogP contribution in [-0.4, -0.2) is 14.3 Å². The van der Waals surface area contributed by atoms with Crippen LogP contribution in [0.5, 0.6) is 0 Å². The molecule has 0 saturated heterocycles. The Morgan fingerprint density at radius 3 is 2.18 bits per heavy atom. The van der Waals surface area contributed by atoms with Gasteiger partial charge in [-0.15, -0.1) is 11.3 Å². The Labute approximate surface area is 169 Å². The van der Waals surface area contributed by atoms with E-state index in [-0.39, 0.29) is 22.8 Å². The predicted molar refractivity (Wildman–Crippen MR) is 113 cm³/mol. The third-order valence-corrected chi connectivity index (χ3v) is 6.61. The maximum Gasteiger partial charge on any atom is 0.261 e. The van der Waals surface area contributed by atoms with Gasteiger partial charge in [-0.1, -0.05) is 38.1 Å². The number of rotatable bonds is 7. The van der Waals surface area contributed by atoms with Crippen molar-refractivity contribution in [2.24, 2.45) is 5.92 Å². The Balaban J connectivity index is 1.73. The second-order valence-electron chi connectivity index (χ2n) is 6.71. The van der Waals surface area contributed by atoms with Gasteiger partial charge in [-0.2, -0.15) is 0 Å². The molecule has 146 valence electrons. The largest absolute Gasteiger partial charge is 0.344 e. The highest BCUT2D eigenvalue weighted by Crippen LogP contribution is 2.26. The summed E-state index contributed by atoms with van der Waals surface area (Å²) in [6.07, 6.45) is 0. The van der Waals surface area contributed by atoms with Gasteiger partial charge in [0.1, 0.15) is 0 Å². The van der Waals surface area contributed by atoms with E-state index in [2.05, 4.69) is 23.9 Å². The Kier molecular flexibility index (Phi) is 6.16. The molecule has 0 unspecified atom stereocenters. The summed E-state index contributed by atoms with van der Waals surface area (Å²) >= 11 is 1.60. The number of sulfonamides is 1. The maximum atomic E-state index is 12.6. The van der Waals surface area contributed by atoms with Gasteiger partial charge in [-0.25, -0.2) is 8.42 Å². The molecule has 0 bridgehead atoms. The Morgan fingerprint density at radius 2 is 1.61 bits per heavy atom. The van der Waals surface area contributed by atoms with E-state index in [0.29, 0.717) is 11.3 Å². The summed E-state index contributed by atoms with van der Waals surface area (Å²) in [4.78, 5) is 13.8. The average Bonchev–Trinajstić information content (AvgIpc) is 3.20. The second-order valence-corrected chi connectivity index (χ2v) is 9.37. The summed E-state index contributed by atoms with van der Waals surface area (Å²) in [6, 6.07) is 18.5. The van der Waals surface area contributed by atoms with Gasteiger partial charge in [-0.3, -0.25) is 9.52 Å². The molecule has 0 fully saturated rings. The summed E-state index contributed by atoms with van der Waals surface area (Å²) in [5, 5.41) is 5.02. The van der Waals surface area contributed by atoms with Crippen LogP contribution in [0.15, 0.2) is 77.0 Å². The van der Waals surface area contributed by atoms with Crippen molar-refractivity contribution in [3.63, 3.8) is 0 Å². The maximum absolute atomic E-state index is 12.6. The van der Waals surface area contributed by atoms with E-state index in [4.69, 9.17) is 0 Å². The molecule has 0 saturated carbocycles. The second kappa shape index (κ2) is 8.58. The van der Waals surface area contributed by atoms with E-state index in [0.717, 1.165) is 4.88 Å². The van der Waals surface area contributed by atoms with Crippen LogP contribution in [0.25, 0.3) is 0 Å². The topological polar surface area (TPSA) is 75.3 Å². The lowest BCUT2D eigenvalue weighted by Gasteiger charge is -2.21. The van der Waals surface area contributed by atoms with Crippen LogP contribution in [0.2, 0.25) is 0 Å². The summed E-state index contributed by atoms with van der Waals surface area (Å²) < 4.78 is 27.5. The highest BCUT2D eigenvalue weighted by molar-refractivity contribution is 7.92. The average molecular weight is 415 g/mol. The standard InChI is InChI=1S/C21H22N2O3S2/c1-15(2)20(19-9-6-14-27-19)22-21(24)16-10-12-18(13-11-16)28(25,26)23-17-7-4-3-5-8-17/h3-15,20,23H,1-2H3,(H,22,24)/t20-/m1/s1. The first kappa shape index (κ1) is 20.1. The van der Waals surface area contributed by atoms with Crippen molar-refractivity contribution in [3.8, 4) is 0 Å². The van der Waals surface area contributed by atoms with Crippen LogP contribution in [0.4, 0.5) is 5.69 Å². The molecule has 1 amide bonds. The number of nitrogens with one attached hydrogen (secondary N) is 2. The number of carbonyl (C=O) groups excluding carboxylic acids is 1. The molecule has 0 aliphatic carbocycles. The highest BCUT2D eigenvalue weighted by atomic mass is 32.2. The van der Waals surface area contributed by atoms with Crippen molar-refractivity contribution in [3.05, 3.63) is 82.6 Å². The Morgan fingerprint density at radius 1 is 0.929 bits per heavy atom. The zero-order valence-corrected chi connectivity index (χ0v) is 17.3. The van der Waals surface area contributed by atoms with Gasteiger partial charge in [-0.05, 0) is 53.8 Å². The fraction of sp³-hybridized carbons (Fsp3) is 0.190. The SMILES string of the molecule is CC(C)[C@@H](NC(=O)c1ccc(S(=O)(=O)Nc2ccccc2)cc1)c1cccs1. The number of hydrogen-bond acceptors (Lipinski definition) is 4. The van der Waals surface area contributed by atoms with Crippen LogP contribution in [-0.2, 0) is 10.0 Å². The summed E-state index contributed by atoms with van der Waals surface area (Å²) in [7, 11) is -3.71. The molecule has 3 rings (SSSR count). The molecule has 0 aliphatic heterocycles. The monoisotopic (exact) mass is 414 g/mol. The van der Waals surface area contributed by atoms with Gasteiger partial charge in [0.25, 0.3) is 15.9 Å². The highest BCUT2D eigenvalue weighted by Gasteiger charge is 2.21. The number of amides is 1. The van der Waals surface area contributed by atoms with Crippen LogP contribution >= 0.6 is 11.3 Å². The van der Waals surface area contributed by atoms with Crippen LogP contribution in [0, 0.1) is 5.92 Å². The number of thiophene rings is 1. The molecule has 28 heavy (non-hydrogen) atoms. The van der Waals surface area contributed by atoms with Crippen LogP contribution in [0.1, 0.15) is 35.1 Å². The van der Waals surface area contributed by atoms with Crippen LogP contribution < -0.4 is 10.0 Å². The van der Waals surface area contributed by atoms with Gasteiger partial charge in [0.15, 0.2) is 0 Å². The number of benzene rings is 2. The molecular weight excluding hydrogens is 392 g/mol. The predicted octanol–water partition coefficient (Wildman–Crippen LogP) is 4.68. The Bertz CT molecular complexity index is 1010. The lowest BCUT2D eigenvalue weighted by molar-refractivity contribution is 0.0926. The lowest BCUT2D eigenvalue weighted by atomic mass is 10.0. The molecule has 5 nitrogen and oxygen atoms in total. The molecule has 0 spiro atoms. The lowest BCUT2D eigenvalue weighted by Crippen LogP contribution is -2.31. The summed E-state index contributed by atoms with van der Waals surface area (Å²) in [5.41, 5.74) is 0.904.